The summed E-state index contributed by atoms with van der Waals surface area (Å²) >= 11 is 0. The number of rotatable bonds is 6. The maximum atomic E-state index is 12.4. The minimum Gasteiger partial charge on any atom is -0.460 e. The molecule has 0 spiro atoms. The van der Waals surface area contributed by atoms with Gasteiger partial charge in [0.2, 0.25) is 0 Å². The molecule has 1 aromatic carbocycles. The van der Waals surface area contributed by atoms with Crippen molar-refractivity contribution in [1.82, 2.24) is 0 Å². The Morgan fingerprint density at radius 3 is 2.30 bits per heavy atom. The van der Waals surface area contributed by atoms with Crippen LogP contribution in [0.3, 0.4) is 0 Å². The van der Waals surface area contributed by atoms with E-state index in [1.807, 2.05) is 45.2 Å². The highest BCUT2D eigenvalue weighted by molar-refractivity contribution is 5.93. The van der Waals surface area contributed by atoms with Gasteiger partial charge in [-0.15, -0.1) is 0 Å². The van der Waals surface area contributed by atoms with E-state index in [2.05, 4.69) is 31.3 Å². The SMILES string of the molecule is Cc1ccc(C[NH+](C)[C@H](C)C(=O)Nc2ccc(C(C)C)cc2)o1. The molecule has 23 heavy (non-hydrogen) atoms. The minimum absolute atomic E-state index is 0.0167. The molecule has 1 heterocycles. The van der Waals surface area contributed by atoms with Gasteiger partial charge < -0.3 is 14.6 Å². The van der Waals surface area contributed by atoms with Crippen LogP contribution in [0.4, 0.5) is 5.69 Å². The summed E-state index contributed by atoms with van der Waals surface area (Å²) in [6, 6.07) is 11.8. The van der Waals surface area contributed by atoms with E-state index >= 15 is 0 Å². The number of quaternary nitrogens is 1. The number of likely N-dealkylation sites (N-methyl/N-ethyl adjacent to an activating group) is 1. The summed E-state index contributed by atoms with van der Waals surface area (Å²) in [5.41, 5.74) is 2.11. The zero-order valence-corrected chi connectivity index (χ0v) is 14.6. The molecule has 0 saturated heterocycles. The van der Waals surface area contributed by atoms with Gasteiger partial charge in [-0.3, -0.25) is 4.79 Å². The summed E-state index contributed by atoms with van der Waals surface area (Å²) in [4.78, 5) is 13.5. The lowest BCUT2D eigenvalue weighted by Crippen LogP contribution is -3.12. The zero-order valence-electron chi connectivity index (χ0n) is 14.6. The molecule has 0 saturated carbocycles. The standard InChI is InChI=1S/C19H26N2O2/c1-13(2)16-7-9-17(10-8-16)20-19(22)15(4)21(5)12-18-11-6-14(3)23-18/h6-11,13,15H,12H2,1-5H3,(H,20,22)/p+1/t15-/m1/s1. The quantitative estimate of drug-likeness (QED) is 0.861. The predicted octanol–water partition coefficient (Wildman–Crippen LogP) is 2.75. The number of furan rings is 1. The average Bonchev–Trinajstić information content (AvgIpc) is 2.92. The molecule has 2 aromatic rings. The molecule has 1 aromatic heterocycles. The summed E-state index contributed by atoms with van der Waals surface area (Å²) in [7, 11) is 2.00. The number of carbonyl (C=O) groups excluding carboxylic acids is 1. The number of carbonyl (C=O) groups is 1. The number of amides is 1. The van der Waals surface area contributed by atoms with Crippen LogP contribution in [-0.4, -0.2) is 19.0 Å². The Kier molecular flexibility index (Phi) is 5.61. The van der Waals surface area contributed by atoms with Gasteiger partial charge in [-0.05, 0) is 49.6 Å². The number of aryl methyl sites for hydroxylation is 1. The summed E-state index contributed by atoms with van der Waals surface area (Å²) in [6.45, 7) is 8.86. The summed E-state index contributed by atoms with van der Waals surface area (Å²) in [5, 5.41) is 2.99. The van der Waals surface area contributed by atoms with E-state index in [9.17, 15) is 4.79 Å². The van der Waals surface area contributed by atoms with Crippen LogP contribution < -0.4 is 10.2 Å². The van der Waals surface area contributed by atoms with E-state index in [4.69, 9.17) is 4.42 Å². The summed E-state index contributed by atoms with van der Waals surface area (Å²) in [6.07, 6.45) is 0. The van der Waals surface area contributed by atoms with E-state index in [0.717, 1.165) is 22.1 Å². The fourth-order valence-electron chi connectivity index (χ4n) is 2.43. The molecule has 2 atom stereocenters. The molecule has 0 aliphatic heterocycles. The fraction of sp³-hybridized carbons (Fsp3) is 0.421. The summed E-state index contributed by atoms with van der Waals surface area (Å²) in [5.74, 6) is 2.31. The van der Waals surface area contributed by atoms with E-state index in [1.165, 1.54) is 5.56 Å². The van der Waals surface area contributed by atoms with E-state index in [1.54, 1.807) is 0 Å². The lowest BCUT2D eigenvalue weighted by molar-refractivity contribution is -0.908. The van der Waals surface area contributed by atoms with Crippen LogP contribution in [0.1, 0.15) is 43.8 Å². The minimum atomic E-state index is -0.162. The van der Waals surface area contributed by atoms with Crippen molar-refractivity contribution in [2.24, 2.45) is 0 Å². The first-order chi connectivity index (χ1) is 10.9. The third-order valence-electron chi connectivity index (χ3n) is 4.23. The molecule has 4 nitrogen and oxygen atoms in total. The maximum absolute atomic E-state index is 12.4. The number of hydrogen-bond donors (Lipinski definition) is 2. The molecule has 124 valence electrons. The first-order valence-corrected chi connectivity index (χ1v) is 8.15. The number of benzene rings is 1. The molecule has 0 radical (unpaired) electrons. The van der Waals surface area contributed by atoms with Gasteiger partial charge in [-0.1, -0.05) is 26.0 Å². The lowest BCUT2D eigenvalue weighted by atomic mass is 10.0. The average molecular weight is 315 g/mol. The Balaban J connectivity index is 1.93. The Hall–Kier alpha value is -2.07. The van der Waals surface area contributed by atoms with Crippen molar-refractivity contribution in [3.05, 3.63) is 53.5 Å². The third kappa shape index (κ3) is 4.70. The number of nitrogens with one attached hydrogen (secondary N) is 2. The van der Waals surface area contributed by atoms with Gasteiger partial charge in [0, 0.05) is 5.69 Å². The molecular weight excluding hydrogens is 288 g/mol. The molecular formula is C19H27N2O2+. The highest BCUT2D eigenvalue weighted by Crippen LogP contribution is 2.17. The fourth-order valence-corrected chi connectivity index (χ4v) is 2.43. The highest BCUT2D eigenvalue weighted by Gasteiger charge is 2.23. The van der Waals surface area contributed by atoms with Crippen LogP contribution in [0.2, 0.25) is 0 Å². The Bertz CT molecular complexity index is 644. The first-order valence-electron chi connectivity index (χ1n) is 8.15. The normalized spacial score (nSPS) is 13.8. The Labute approximate surface area is 138 Å². The molecule has 2 N–H and O–H groups in total. The van der Waals surface area contributed by atoms with E-state index < -0.39 is 0 Å². The monoisotopic (exact) mass is 315 g/mol. The second-order valence-electron chi connectivity index (χ2n) is 6.52. The van der Waals surface area contributed by atoms with Crippen molar-refractivity contribution in [3.63, 3.8) is 0 Å². The summed E-state index contributed by atoms with van der Waals surface area (Å²) < 4.78 is 5.59. The number of anilines is 1. The van der Waals surface area contributed by atoms with Gasteiger partial charge in [-0.2, -0.15) is 0 Å². The molecule has 1 amide bonds. The first kappa shape index (κ1) is 17.3. The second-order valence-corrected chi connectivity index (χ2v) is 6.52. The molecule has 0 aliphatic carbocycles. The topological polar surface area (TPSA) is 46.7 Å². The predicted molar refractivity (Wildman–Crippen MR) is 92.7 cm³/mol. The molecule has 0 bridgehead atoms. The second kappa shape index (κ2) is 7.47. The molecule has 0 aliphatic rings. The van der Waals surface area contributed by atoms with Crippen molar-refractivity contribution in [3.8, 4) is 0 Å². The van der Waals surface area contributed by atoms with Crippen molar-refractivity contribution in [2.45, 2.75) is 46.2 Å². The third-order valence-corrected chi connectivity index (χ3v) is 4.23. The van der Waals surface area contributed by atoms with Gasteiger partial charge in [-0.25, -0.2) is 0 Å². The van der Waals surface area contributed by atoms with E-state index in [0.29, 0.717) is 12.5 Å². The smallest absolute Gasteiger partial charge is 0.282 e. The highest BCUT2D eigenvalue weighted by atomic mass is 16.3. The van der Waals surface area contributed by atoms with Crippen LogP contribution in [0, 0.1) is 6.92 Å². The molecule has 4 heteroatoms. The van der Waals surface area contributed by atoms with E-state index in [-0.39, 0.29) is 11.9 Å². The molecule has 1 unspecified atom stereocenters. The number of hydrogen-bond acceptors (Lipinski definition) is 2. The van der Waals surface area contributed by atoms with Crippen LogP contribution >= 0.6 is 0 Å². The van der Waals surface area contributed by atoms with Crippen LogP contribution in [0.5, 0.6) is 0 Å². The lowest BCUT2D eigenvalue weighted by Gasteiger charge is -2.20. The van der Waals surface area contributed by atoms with Crippen LogP contribution in [-0.2, 0) is 11.3 Å². The Morgan fingerprint density at radius 1 is 1.13 bits per heavy atom. The van der Waals surface area contributed by atoms with Crippen molar-refractivity contribution < 1.29 is 14.1 Å². The van der Waals surface area contributed by atoms with Crippen LogP contribution in [0.15, 0.2) is 40.8 Å². The largest absolute Gasteiger partial charge is 0.460 e. The van der Waals surface area contributed by atoms with Crippen LogP contribution in [0.25, 0.3) is 0 Å². The molecule has 0 fully saturated rings. The van der Waals surface area contributed by atoms with Gasteiger partial charge in [0.05, 0.1) is 7.05 Å². The van der Waals surface area contributed by atoms with Gasteiger partial charge in [0.1, 0.15) is 12.3 Å². The van der Waals surface area contributed by atoms with Crippen molar-refractivity contribution >= 4 is 11.6 Å². The van der Waals surface area contributed by atoms with Gasteiger partial charge >= 0.3 is 0 Å². The maximum Gasteiger partial charge on any atom is 0.282 e. The zero-order chi connectivity index (χ0) is 17.0. The van der Waals surface area contributed by atoms with Crippen molar-refractivity contribution in [1.29, 1.82) is 0 Å². The van der Waals surface area contributed by atoms with Gasteiger partial charge in [0.25, 0.3) is 5.91 Å². The Morgan fingerprint density at radius 2 is 1.78 bits per heavy atom. The molecule has 2 rings (SSSR count). The van der Waals surface area contributed by atoms with Crippen molar-refractivity contribution in [2.75, 3.05) is 12.4 Å². The van der Waals surface area contributed by atoms with Gasteiger partial charge in [0.15, 0.2) is 11.8 Å².